The second kappa shape index (κ2) is 15.9. The van der Waals surface area contributed by atoms with Gasteiger partial charge in [-0.2, -0.15) is 13.2 Å². The summed E-state index contributed by atoms with van der Waals surface area (Å²) in [6.07, 6.45) is 6.24. The van der Waals surface area contributed by atoms with Crippen LogP contribution >= 0.6 is 0 Å². The van der Waals surface area contributed by atoms with Crippen LogP contribution in [-0.2, 0) is 31.8 Å². The van der Waals surface area contributed by atoms with Crippen molar-refractivity contribution in [3.05, 3.63) is 46.6 Å². The Morgan fingerprint density at radius 1 is 1.00 bits per heavy atom. The number of aromatic nitrogens is 1. The summed E-state index contributed by atoms with van der Waals surface area (Å²) in [4.78, 5) is 58.7. The number of alkyl halides is 3. The molecule has 6 rings (SSSR count). The lowest BCUT2D eigenvalue weighted by Gasteiger charge is -2.28. The molecule has 3 atom stereocenters. The van der Waals surface area contributed by atoms with Crippen molar-refractivity contribution in [2.24, 2.45) is 11.3 Å². The molecule has 5 N–H and O–H groups in total. The smallest absolute Gasteiger partial charge is 0.385 e. The SMILES string of the molecule is CC(=O)C(=N)c1cc(NCC2CCCCC2)cc2c1NCC(=O)N1[C@H](C(=O)Nc3nc(C(F)(F)F)ccc3C)C[C@@]3(CNC(=O)CCCCCC2)C[C@@H]13. The number of nitrogens with one attached hydrogen (secondary N) is 5. The van der Waals surface area contributed by atoms with Crippen molar-refractivity contribution in [1.29, 1.82) is 5.41 Å². The molecule has 2 saturated carbocycles. The van der Waals surface area contributed by atoms with E-state index in [0.717, 1.165) is 56.0 Å². The van der Waals surface area contributed by atoms with Crippen molar-refractivity contribution < 1.29 is 32.3 Å². The number of rotatable bonds is 7. The molecule has 2 aliphatic heterocycles. The summed E-state index contributed by atoms with van der Waals surface area (Å²) in [5, 5.41) is 21.1. The predicted molar refractivity (Wildman–Crippen MR) is 196 cm³/mol. The molecule has 11 nitrogen and oxygen atoms in total. The summed E-state index contributed by atoms with van der Waals surface area (Å²) in [6.45, 7) is 3.70. The largest absolute Gasteiger partial charge is 0.433 e. The van der Waals surface area contributed by atoms with E-state index in [4.69, 9.17) is 5.41 Å². The van der Waals surface area contributed by atoms with Crippen molar-refractivity contribution in [2.45, 2.75) is 116 Å². The lowest BCUT2D eigenvalue weighted by molar-refractivity contribution is -0.141. The monoisotopic (exact) mass is 737 g/mol. The topological polar surface area (TPSA) is 156 Å². The van der Waals surface area contributed by atoms with Crippen LogP contribution in [0.2, 0.25) is 0 Å². The molecule has 1 aromatic carbocycles. The molecular formula is C39H50F3N7O4. The van der Waals surface area contributed by atoms with Crippen LogP contribution < -0.4 is 21.3 Å². The molecule has 1 saturated heterocycles. The van der Waals surface area contributed by atoms with Gasteiger partial charge >= 0.3 is 6.18 Å². The van der Waals surface area contributed by atoms with E-state index in [2.05, 4.69) is 26.3 Å². The Morgan fingerprint density at radius 2 is 1.72 bits per heavy atom. The van der Waals surface area contributed by atoms with Gasteiger partial charge in [0.05, 0.1) is 6.54 Å². The molecule has 1 aromatic heterocycles. The van der Waals surface area contributed by atoms with Gasteiger partial charge in [0, 0.05) is 54.8 Å². The highest BCUT2D eigenvalue weighted by molar-refractivity contribution is 6.45. The predicted octanol–water partition coefficient (Wildman–Crippen LogP) is 6.39. The number of nitrogens with zero attached hydrogens (tertiary/aromatic N) is 2. The van der Waals surface area contributed by atoms with Gasteiger partial charge in [-0.15, -0.1) is 0 Å². The number of fused-ring (bicyclic) bond motifs is 1. The van der Waals surface area contributed by atoms with E-state index < -0.39 is 40.9 Å². The molecular weight excluding hydrogens is 687 g/mol. The first-order valence-corrected chi connectivity index (χ1v) is 18.9. The first-order valence-electron chi connectivity index (χ1n) is 18.9. The highest BCUT2D eigenvalue weighted by Crippen LogP contribution is 2.59. The van der Waals surface area contributed by atoms with Crippen LogP contribution in [0.15, 0.2) is 24.3 Å². The van der Waals surface area contributed by atoms with Gasteiger partial charge in [0.25, 0.3) is 0 Å². The van der Waals surface area contributed by atoms with Crippen molar-refractivity contribution in [2.75, 3.05) is 35.6 Å². The Morgan fingerprint density at radius 3 is 2.43 bits per heavy atom. The number of hydrogen-bond acceptors (Lipinski definition) is 8. The van der Waals surface area contributed by atoms with E-state index in [1.165, 1.54) is 44.1 Å². The fourth-order valence-electron chi connectivity index (χ4n) is 8.30. The van der Waals surface area contributed by atoms with Crippen molar-refractivity contribution in [3.8, 4) is 0 Å². The molecule has 2 aromatic rings. The molecule has 0 unspecified atom stereocenters. The molecule has 286 valence electrons. The fraction of sp³-hybridized carbons (Fsp3) is 0.590. The summed E-state index contributed by atoms with van der Waals surface area (Å²) in [6, 6.07) is 4.53. The van der Waals surface area contributed by atoms with Crippen molar-refractivity contribution in [3.63, 3.8) is 0 Å². The van der Waals surface area contributed by atoms with E-state index in [0.29, 0.717) is 48.4 Å². The van der Waals surface area contributed by atoms with Crippen LogP contribution in [0.1, 0.15) is 106 Å². The van der Waals surface area contributed by atoms with Crippen LogP contribution in [0.25, 0.3) is 0 Å². The first kappa shape index (κ1) is 38.2. The van der Waals surface area contributed by atoms with E-state index in [1.54, 1.807) is 6.07 Å². The normalized spacial score (nSPS) is 24.2. The lowest BCUT2D eigenvalue weighted by atomic mass is 9.89. The third kappa shape index (κ3) is 8.84. The molecule has 53 heavy (non-hydrogen) atoms. The van der Waals surface area contributed by atoms with Gasteiger partial charge < -0.3 is 26.2 Å². The third-order valence-corrected chi connectivity index (χ3v) is 11.5. The zero-order valence-corrected chi connectivity index (χ0v) is 30.5. The number of ketones is 1. The molecule has 4 aliphatic rings. The number of piperidine rings is 1. The highest BCUT2D eigenvalue weighted by Gasteiger charge is 2.67. The van der Waals surface area contributed by atoms with Crippen LogP contribution in [0.3, 0.4) is 0 Å². The Kier molecular flexibility index (Phi) is 11.4. The number of aryl methyl sites for hydroxylation is 2. The molecule has 2 aliphatic carbocycles. The summed E-state index contributed by atoms with van der Waals surface area (Å²) < 4.78 is 40.4. The van der Waals surface area contributed by atoms with Crippen molar-refractivity contribution in [1.82, 2.24) is 15.2 Å². The van der Waals surface area contributed by atoms with Crippen LogP contribution in [0.4, 0.5) is 30.4 Å². The minimum atomic E-state index is -4.71. The molecule has 3 amide bonds. The van der Waals surface area contributed by atoms with Gasteiger partial charge in [-0.1, -0.05) is 38.2 Å². The number of carbonyl (C=O) groups excluding carboxylic acids is 4. The minimum absolute atomic E-state index is 0.100. The summed E-state index contributed by atoms with van der Waals surface area (Å²) >= 11 is 0. The van der Waals surface area contributed by atoms with E-state index in [9.17, 15) is 32.3 Å². The minimum Gasteiger partial charge on any atom is -0.385 e. The lowest BCUT2D eigenvalue weighted by Crippen LogP contribution is -2.47. The second-order valence-corrected chi connectivity index (χ2v) is 15.4. The number of carbonyl (C=O) groups is 4. The number of anilines is 3. The van der Waals surface area contributed by atoms with Crippen LogP contribution in [0, 0.1) is 23.7 Å². The van der Waals surface area contributed by atoms with Gasteiger partial charge in [-0.25, -0.2) is 4.98 Å². The maximum Gasteiger partial charge on any atom is 0.433 e. The van der Waals surface area contributed by atoms with Crippen LogP contribution in [0.5, 0.6) is 0 Å². The number of benzene rings is 1. The third-order valence-electron chi connectivity index (χ3n) is 11.5. The standard InChI is InChI=1S/C39H50F3N7O4/c1-23-14-15-30(39(40,41)42)47-36(23)48-37(53)29-18-38-19-31(38)49(29)33(52)21-45-35-26(12-8-3-4-9-13-32(51)46-22-38)16-27(17-28(35)34(43)24(2)50)44-20-25-10-6-5-7-11-25/h14-17,25,29,31,43-45H,3-13,18-22H2,1-2H3,(H,46,51)(H,47,48,53)/t29-,31+,38-/m0/s1. The molecule has 0 radical (unpaired) electrons. The number of pyridine rings is 1. The van der Waals surface area contributed by atoms with Gasteiger partial charge in [0.15, 0.2) is 5.78 Å². The van der Waals surface area contributed by atoms with E-state index >= 15 is 0 Å². The highest BCUT2D eigenvalue weighted by atomic mass is 19.4. The average molecular weight is 738 g/mol. The Hall–Kier alpha value is -4.49. The Balaban J connectivity index is 1.29. The second-order valence-electron chi connectivity index (χ2n) is 15.4. The summed E-state index contributed by atoms with van der Waals surface area (Å²) in [7, 11) is 0. The summed E-state index contributed by atoms with van der Waals surface area (Å²) in [5.41, 5.74) is 1.05. The molecule has 14 heteroatoms. The van der Waals surface area contributed by atoms with Crippen molar-refractivity contribution >= 4 is 46.4 Å². The average Bonchev–Trinajstić information content (AvgIpc) is 3.73. The molecule has 2 bridgehead atoms. The number of hydrogen-bond donors (Lipinski definition) is 5. The van der Waals surface area contributed by atoms with E-state index in [-0.39, 0.29) is 43.0 Å². The Bertz CT molecular complexity index is 1760. The van der Waals surface area contributed by atoms with E-state index in [1.807, 2.05) is 6.07 Å². The maximum absolute atomic E-state index is 14.2. The van der Waals surface area contributed by atoms with Gasteiger partial charge in [0.2, 0.25) is 17.7 Å². The number of Topliss-reactive ketones (excluding diaryl/α,β-unsaturated/α-hetero) is 1. The first-order chi connectivity index (χ1) is 25.3. The quantitative estimate of drug-likeness (QED) is 0.206. The maximum atomic E-state index is 14.2. The number of halogens is 3. The van der Waals surface area contributed by atoms with Gasteiger partial charge in [-0.3, -0.25) is 24.6 Å². The zero-order valence-electron chi connectivity index (χ0n) is 30.5. The molecule has 0 spiro atoms. The molecule has 3 heterocycles. The summed E-state index contributed by atoms with van der Waals surface area (Å²) in [5.74, 6) is -1.27. The molecule has 3 fully saturated rings. The fourth-order valence-corrected chi connectivity index (χ4v) is 8.30. The number of amides is 3. The van der Waals surface area contributed by atoms with Crippen LogP contribution in [-0.4, -0.2) is 70.8 Å². The zero-order chi connectivity index (χ0) is 37.9. The Labute approximate surface area is 308 Å². The van der Waals surface area contributed by atoms with Gasteiger partial charge in [-0.05, 0) is 87.1 Å². The van der Waals surface area contributed by atoms with Gasteiger partial charge in [0.1, 0.15) is 23.3 Å².